The van der Waals surface area contributed by atoms with E-state index in [1.54, 1.807) is 12.4 Å². The standard InChI is InChI=1S/C20H25N5O/c26-20(22-17-3-1-2-4-17)16-9-13-25(14-10-16)19-6-5-18(23-24-19)15-7-11-21-12-8-15/h5-8,11-12,16-17H,1-4,9-10,13-14H2,(H,22,26). The van der Waals surface area contributed by atoms with Crippen molar-refractivity contribution < 1.29 is 4.79 Å². The Morgan fingerprint density at radius 1 is 0.962 bits per heavy atom. The minimum absolute atomic E-state index is 0.135. The van der Waals surface area contributed by atoms with Gasteiger partial charge in [0.15, 0.2) is 5.82 Å². The van der Waals surface area contributed by atoms with Crippen LogP contribution in [0.2, 0.25) is 0 Å². The van der Waals surface area contributed by atoms with Crippen LogP contribution in [0.3, 0.4) is 0 Å². The number of nitrogens with one attached hydrogen (secondary N) is 1. The molecule has 136 valence electrons. The minimum Gasteiger partial charge on any atom is -0.355 e. The highest BCUT2D eigenvalue weighted by Crippen LogP contribution is 2.24. The first kappa shape index (κ1) is 16.9. The molecule has 4 rings (SSSR count). The Morgan fingerprint density at radius 3 is 2.35 bits per heavy atom. The van der Waals surface area contributed by atoms with Crippen molar-refractivity contribution in [2.45, 2.75) is 44.6 Å². The Balaban J connectivity index is 1.32. The highest BCUT2D eigenvalue weighted by Gasteiger charge is 2.27. The average Bonchev–Trinajstić information content (AvgIpc) is 3.22. The molecular formula is C20H25N5O. The SMILES string of the molecule is O=C(NC1CCCC1)C1CCN(c2ccc(-c3ccncc3)nn2)CC1. The molecule has 2 aromatic heterocycles. The van der Waals surface area contributed by atoms with Crippen LogP contribution in [0.4, 0.5) is 5.82 Å². The van der Waals surface area contributed by atoms with E-state index in [1.807, 2.05) is 24.3 Å². The maximum atomic E-state index is 12.4. The Hall–Kier alpha value is -2.50. The second kappa shape index (κ2) is 7.81. The van der Waals surface area contributed by atoms with Crippen molar-refractivity contribution >= 4 is 11.7 Å². The molecule has 3 heterocycles. The van der Waals surface area contributed by atoms with Crippen molar-refractivity contribution in [1.29, 1.82) is 0 Å². The smallest absolute Gasteiger partial charge is 0.223 e. The van der Waals surface area contributed by atoms with Crippen LogP contribution in [0, 0.1) is 5.92 Å². The number of amides is 1. The van der Waals surface area contributed by atoms with Crippen LogP contribution in [0.1, 0.15) is 38.5 Å². The van der Waals surface area contributed by atoms with E-state index in [4.69, 9.17) is 0 Å². The number of anilines is 1. The summed E-state index contributed by atoms with van der Waals surface area (Å²) in [5, 5.41) is 12.0. The lowest BCUT2D eigenvalue weighted by Gasteiger charge is -2.32. The molecule has 1 saturated heterocycles. The molecule has 1 amide bonds. The van der Waals surface area contributed by atoms with Gasteiger partial charge in [0.05, 0.1) is 5.69 Å². The predicted octanol–water partition coefficient (Wildman–Crippen LogP) is 2.81. The summed E-state index contributed by atoms with van der Waals surface area (Å²) in [6.07, 6.45) is 10.1. The minimum atomic E-state index is 0.135. The number of rotatable bonds is 4. The summed E-state index contributed by atoms with van der Waals surface area (Å²) in [5.41, 5.74) is 1.86. The van der Waals surface area contributed by atoms with E-state index in [0.29, 0.717) is 6.04 Å². The van der Waals surface area contributed by atoms with E-state index in [2.05, 4.69) is 25.4 Å². The molecule has 0 bridgehead atoms. The third kappa shape index (κ3) is 3.84. The lowest BCUT2D eigenvalue weighted by molar-refractivity contribution is -0.126. The molecular weight excluding hydrogens is 326 g/mol. The summed E-state index contributed by atoms with van der Waals surface area (Å²) < 4.78 is 0. The topological polar surface area (TPSA) is 71.0 Å². The van der Waals surface area contributed by atoms with Crippen molar-refractivity contribution in [3.05, 3.63) is 36.7 Å². The van der Waals surface area contributed by atoms with Crippen molar-refractivity contribution in [2.75, 3.05) is 18.0 Å². The first-order valence-corrected chi connectivity index (χ1v) is 9.59. The number of hydrogen-bond donors (Lipinski definition) is 1. The summed E-state index contributed by atoms with van der Waals surface area (Å²) in [7, 11) is 0. The zero-order chi connectivity index (χ0) is 17.8. The van der Waals surface area contributed by atoms with Crippen molar-refractivity contribution in [3.8, 4) is 11.3 Å². The first-order valence-electron chi connectivity index (χ1n) is 9.59. The zero-order valence-electron chi connectivity index (χ0n) is 15.0. The van der Waals surface area contributed by atoms with Gasteiger partial charge >= 0.3 is 0 Å². The number of hydrogen-bond acceptors (Lipinski definition) is 5. The van der Waals surface area contributed by atoms with Gasteiger partial charge in [-0.2, -0.15) is 0 Å². The van der Waals surface area contributed by atoms with Gasteiger partial charge < -0.3 is 10.2 Å². The van der Waals surface area contributed by atoms with Gasteiger partial charge in [-0.25, -0.2) is 0 Å². The van der Waals surface area contributed by atoms with Gasteiger partial charge in [0.25, 0.3) is 0 Å². The van der Waals surface area contributed by atoms with E-state index in [-0.39, 0.29) is 11.8 Å². The largest absolute Gasteiger partial charge is 0.355 e. The zero-order valence-corrected chi connectivity index (χ0v) is 15.0. The van der Waals surface area contributed by atoms with Gasteiger partial charge in [-0.1, -0.05) is 12.8 Å². The van der Waals surface area contributed by atoms with Gasteiger partial charge in [-0.05, 0) is 49.9 Å². The third-order valence-electron chi connectivity index (χ3n) is 5.52. The normalized spacial score (nSPS) is 18.8. The van der Waals surface area contributed by atoms with Gasteiger partial charge in [0.2, 0.25) is 5.91 Å². The molecule has 0 unspecified atom stereocenters. The van der Waals surface area contributed by atoms with Gasteiger partial charge in [0, 0.05) is 43.0 Å². The average molecular weight is 351 g/mol. The number of carbonyl (C=O) groups is 1. The molecule has 6 heteroatoms. The van der Waals surface area contributed by atoms with E-state index in [9.17, 15) is 4.79 Å². The number of aromatic nitrogens is 3. The number of pyridine rings is 1. The summed E-state index contributed by atoms with van der Waals surface area (Å²) in [4.78, 5) is 18.7. The van der Waals surface area contributed by atoms with Crippen LogP contribution >= 0.6 is 0 Å². The number of carbonyl (C=O) groups excluding carboxylic acids is 1. The third-order valence-corrected chi connectivity index (χ3v) is 5.52. The fraction of sp³-hybridized carbons (Fsp3) is 0.500. The number of nitrogens with zero attached hydrogens (tertiary/aromatic N) is 4. The van der Waals surface area contributed by atoms with Gasteiger partial charge in [-0.3, -0.25) is 9.78 Å². The van der Waals surface area contributed by atoms with Crippen molar-refractivity contribution in [3.63, 3.8) is 0 Å². The molecule has 2 aliphatic rings. The van der Waals surface area contributed by atoms with Crippen LogP contribution in [0.25, 0.3) is 11.3 Å². The molecule has 1 saturated carbocycles. The maximum absolute atomic E-state index is 12.4. The molecule has 6 nitrogen and oxygen atoms in total. The fourth-order valence-electron chi connectivity index (χ4n) is 3.93. The molecule has 1 aliphatic heterocycles. The fourth-order valence-corrected chi connectivity index (χ4v) is 3.93. The second-order valence-electron chi connectivity index (χ2n) is 7.26. The van der Waals surface area contributed by atoms with E-state index in [1.165, 1.54) is 12.8 Å². The summed E-state index contributed by atoms with van der Waals surface area (Å²) in [6.45, 7) is 1.71. The maximum Gasteiger partial charge on any atom is 0.223 e. The van der Waals surface area contributed by atoms with Crippen LogP contribution < -0.4 is 10.2 Å². The molecule has 0 aromatic carbocycles. The molecule has 1 N–H and O–H groups in total. The predicted molar refractivity (Wildman–Crippen MR) is 101 cm³/mol. The lowest BCUT2D eigenvalue weighted by Crippen LogP contribution is -2.43. The summed E-state index contributed by atoms with van der Waals surface area (Å²) >= 11 is 0. The molecule has 0 spiro atoms. The van der Waals surface area contributed by atoms with E-state index >= 15 is 0 Å². The Bertz CT molecular complexity index is 720. The van der Waals surface area contributed by atoms with Crippen molar-refractivity contribution in [2.24, 2.45) is 5.92 Å². The van der Waals surface area contributed by atoms with Crippen LogP contribution in [-0.2, 0) is 4.79 Å². The van der Waals surface area contributed by atoms with Crippen LogP contribution in [0.15, 0.2) is 36.7 Å². The van der Waals surface area contributed by atoms with Crippen molar-refractivity contribution in [1.82, 2.24) is 20.5 Å². The Labute approximate surface area is 154 Å². The highest BCUT2D eigenvalue weighted by atomic mass is 16.1. The highest BCUT2D eigenvalue weighted by molar-refractivity contribution is 5.79. The molecule has 2 fully saturated rings. The van der Waals surface area contributed by atoms with E-state index < -0.39 is 0 Å². The van der Waals surface area contributed by atoms with Gasteiger partial charge in [0.1, 0.15) is 0 Å². The molecule has 0 radical (unpaired) electrons. The first-order chi connectivity index (χ1) is 12.8. The summed E-state index contributed by atoms with van der Waals surface area (Å²) in [5.74, 6) is 1.27. The van der Waals surface area contributed by atoms with Gasteiger partial charge in [-0.15, -0.1) is 10.2 Å². The Morgan fingerprint density at radius 2 is 1.69 bits per heavy atom. The second-order valence-corrected chi connectivity index (χ2v) is 7.26. The molecule has 2 aromatic rings. The van der Waals surface area contributed by atoms with Crippen LogP contribution in [-0.4, -0.2) is 40.2 Å². The molecule has 0 atom stereocenters. The lowest BCUT2D eigenvalue weighted by atomic mass is 9.95. The van der Waals surface area contributed by atoms with Crippen LogP contribution in [0.5, 0.6) is 0 Å². The van der Waals surface area contributed by atoms with E-state index in [0.717, 1.165) is 55.8 Å². The number of piperidine rings is 1. The molecule has 1 aliphatic carbocycles. The summed E-state index contributed by atoms with van der Waals surface area (Å²) in [6, 6.07) is 8.28. The monoisotopic (exact) mass is 351 g/mol. The quantitative estimate of drug-likeness (QED) is 0.917. The Kier molecular flexibility index (Phi) is 5.09. The molecule has 26 heavy (non-hydrogen) atoms.